The van der Waals surface area contributed by atoms with Crippen molar-refractivity contribution in [3.8, 4) is 10.6 Å². The predicted octanol–water partition coefficient (Wildman–Crippen LogP) is 2.20. The molecule has 1 unspecified atom stereocenters. The van der Waals surface area contributed by atoms with Crippen molar-refractivity contribution in [2.45, 2.75) is 6.04 Å². The molecule has 2 N–H and O–H groups in total. The second kappa shape index (κ2) is 5.99. The number of pyridine rings is 1. The zero-order valence-corrected chi connectivity index (χ0v) is 12.2. The quantitative estimate of drug-likeness (QED) is 0.774. The number of nitrogens with zero attached hydrogens (tertiary/aromatic N) is 2. The van der Waals surface area contributed by atoms with Crippen molar-refractivity contribution < 1.29 is 0 Å². The number of hydrogen-bond acceptors (Lipinski definition) is 5. The summed E-state index contributed by atoms with van der Waals surface area (Å²) >= 11 is 1.48. The third kappa shape index (κ3) is 2.91. The molecule has 0 saturated carbocycles. The molecule has 0 aliphatic heterocycles. The first-order valence-corrected chi connectivity index (χ1v) is 7.34. The normalized spacial score (nSPS) is 12.2. The van der Waals surface area contributed by atoms with Gasteiger partial charge in [-0.2, -0.15) is 0 Å². The van der Waals surface area contributed by atoms with Gasteiger partial charge in [0.2, 0.25) is 5.56 Å². The number of nitrogens with one attached hydrogen (secondary N) is 2. The summed E-state index contributed by atoms with van der Waals surface area (Å²) in [6, 6.07) is 13.4. The Morgan fingerprint density at radius 2 is 2.00 bits per heavy atom. The molecule has 0 radical (unpaired) electrons. The Morgan fingerprint density at radius 3 is 2.71 bits per heavy atom. The van der Waals surface area contributed by atoms with Gasteiger partial charge in [-0.25, -0.2) is 0 Å². The van der Waals surface area contributed by atoms with E-state index in [0.29, 0.717) is 0 Å². The molecule has 0 aliphatic carbocycles. The molecule has 0 amide bonds. The molecule has 2 heterocycles. The Bertz CT molecular complexity index is 781. The lowest BCUT2D eigenvalue weighted by molar-refractivity contribution is 0.678. The van der Waals surface area contributed by atoms with Gasteiger partial charge in [-0.1, -0.05) is 41.7 Å². The van der Waals surface area contributed by atoms with E-state index >= 15 is 0 Å². The van der Waals surface area contributed by atoms with Gasteiger partial charge in [-0.15, -0.1) is 10.2 Å². The van der Waals surface area contributed by atoms with Crippen molar-refractivity contribution in [1.82, 2.24) is 20.5 Å². The van der Waals surface area contributed by atoms with Crippen molar-refractivity contribution in [2.75, 3.05) is 7.05 Å². The Hall–Kier alpha value is -2.31. The second-order valence-electron chi connectivity index (χ2n) is 4.52. The van der Waals surface area contributed by atoms with Crippen LogP contribution in [-0.4, -0.2) is 22.2 Å². The SMILES string of the molecule is CNC(c1ccccc1)c1nnc(-c2cc[nH]c(=O)c2)s1. The van der Waals surface area contributed by atoms with E-state index < -0.39 is 0 Å². The third-order valence-electron chi connectivity index (χ3n) is 3.13. The molecule has 5 nitrogen and oxygen atoms in total. The lowest BCUT2D eigenvalue weighted by Crippen LogP contribution is -2.17. The van der Waals surface area contributed by atoms with Crippen LogP contribution in [0.1, 0.15) is 16.6 Å². The fraction of sp³-hybridized carbons (Fsp3) is 0.133. The highest BCUT2D eigenvalue weighted by Gasteiger charge is 2.17. The number of hydrogen-bond donors (Lipinski definition) is 2. The number of aromatic nitrogens is 3. The summed E-state index contributed by atoms with van der Waals surface area (Å²) in [4.78, 5) is 14.0. The van der Waals surface area contributed by atoms with Crippen LogP contribution in [0.2, 0.25) is 0 Å². The number of aromatic amines is 1. The molecular formula is C15H14N4OS. The average Bonchev–Trinajstić information content (AvgIpc) is 2.99. The summed E-state index contributed by atoms with van der Waals surface area (Å²) in [7, 11) is 1.89. The van der Waals surface area contributed by atoms with E-state index in [1.165, 1.54) is 17.4 Å². The van der Waals surface area contributed by atoms with Crippen LogP contribution in [0.15, 0.2) is 53.5 Å². The van der Waals surface area contributed by atoms with Crippen molar-refractivity contribution in [3.63, 3.8) is 0 Å². The van der Waals surface area contributed by atoms with Gasteiger partial charge >= 0.3 is 0 Å². The van der Waals surface area contributed by atoms with Gasteiger partial charge in [0.25, 0.3) is 0 Å². The summed E-state index contributed by atoms with van der Waals surface area (Å²) in [5.74, 6) is 0. The maximum atomic E-state index is 11.4. The first-order chi connectivity index (χ1) is 10.3. The van der Waals surface area contributed by atoms with Crippen LogP contribution < -0.4 is 10.9 Å². The molecule has 3 rings (SSSR count). The van der Waals surface area contributed by atoms with Crippen LogP contribution in [0, 0.1) is 0 Å². The molecule has 0 saturated heterocycles. The Balaban J connectivity index is 1.95. The minimum Gasteiger partial charge on any atom is -0.329 e. The molecule has 21 heavy (non-hydrogen) atoms. The van der Waals surface area contributed by atoms with E-state index in [0.717, 1.165) is 21.1 Å². The third-order valence-corrected chi connectivity index (χ3v) is 4.17. The Kier molecular flexibility index (Phi) is 3.89. The van der Waals surface area contributed by atoms with Gasteiger partial charge in [0.15, 0.2) is 0 Å². The standard InChI is InChI=1S/C15H14N4OS/c1-16-13(10-5-3-2-4-6-10)15-19-18-14(21-15)11-7-8-17-12(20)9-11/h2-9,13,16H,1H3,(H,17,20). The molecule has 2 aromatic heterocycles. The van der Waals surface area contributed by atoms with Gasteiger partial charge in [-0.3, -0.25) is 4.79 Å². The molecule has 3 aromatic rings. The fourth-order valence-electron chi connectivity index (χ4n) is 2.12. The maximum absolute atomic E-state index is 11.4. The zero-order valence-electron chi connectivity index (χ0n) is 11.4. The number of H-pyrrole nitrogens is 1. The minimum absolute atomic E-state index is 0.000512. The van der Waals surface area contributed by atoms with E-state index in [1.54, 1.807) is 6.20 Å². The largest absolute Gasteiger partial charge is 0.329 e. The van der Waals surface area contributed by atoms with Crippen molar-refractivity contribution in [1.29, 1.82) is 0 Å². The van der Waals surface area contributed by atoms with Crippen molar-refractivity contribution in [3.05, 3.63) is 69.6 Å². The molecule has 0 spiro atoms. The first kappa shape index (κ1) is 13.7. The van der Waals surface area contributed by atoms with Gasteiger partial charge in [-0.05, 0) is 18.7 Å². The predicted molar refractivity (Wildman–Crippen MR) is 83.3 cm³/mol. The molecule has 0 bridgehead atoms. The second-order valence-corrected chi connectivity index (χ2v) is 5.53. The molecule has 0 aliphatic rings. The summed E-state index contributed by atoms with van der Waals surface area (Å²) in [5, 5.41) is 13.3. The molecule has 6 heteroatoms. The summed E-state index contributed by atoms with van der Waals surface area (Å²) in [6.07, 6.45) is 1.62. The smallest absolute Gasteiger partial charge is 0.248 e. The monoisotopic (exact) mass is 298 g/mol. The number of rotatable bonds is 4. The highest BCUT2D eigenvalue weighted by molar-refractivity contribution is 7.14. The Morgan fingerprint density at radius 1 is 1.19 bits per heavy atom. The van der Waals surface area contributed by atoms with Crippen LogP contribution in [0.3, 0.4) is 0 Å². The fourth-order valence-corrected chi connectivity index (χ4v) is 3.10. The van der Waals surface area contributed by atoms with Crippen molar-refractivity contribution >= 4 is 11.3 Å². The van der Waals surface area contributed by atoms with Crippen LogP contribution in [0.4, 0.5) is 0 Å². The van der Waals surface area contributed by atoms with E-state index in [2.05, 4.69) is 32.6 Å². The van der Waals surface area contributed by atoms with Gasteiger partial charge in [0.1, 0.15) is 10.0 Å². The van der Waals surface area contributed by atoms with Gasteiger partial charge in [0, 0.05) is 17.8 Å². The van der Waals surface area contributed by atoms with E-state index in [-0.39, 0.29) is 11.6 Å². The zero-order chi connectivity index (χ0) is 14.7. The van der Waals surface area contributed by atoms with E-state index in [9.17, 15) is 4.79 Å². The average molecular weight is 298 g/mol. The highest BCUT2D eigenvalue weighted by Crippen LogP contribution is 2.29. The molecule has 1 aromatic carbocycles. The van der Waals surface area contributed by atoms with Crippen LogP contribution in [0.25, 0.3) is 10.6 Å². The van der Waals surface area contributed by atoms with Crippen LogP contribution in [0.5, 0.6) is 0 Å². The first-order valence-electron chi connectivity index (χ1n) is 6.52. The summed E-state index contributed by atoms with van der Waals surface area (Å²) in [5.41, 5.74) is 1.77. The van der Waals surface area contributed by atoms with E-state index in [1.807, 2.05) is 31.3 Å². The minimum atomic E-state index is -0.141. The summed E-state index contributed by atoms with van der Waals surface area (Å²) in [6.45, 7) is 0. The van der Waals surface area contributed by atoms with Gasteiger partial charge < -0.3 is 10.3 Å². The molecule has 1 atom stereocenters. The lowest BCUT2D eigenvalue weighted by atomic mass is 10.1. The number of benzene rings is 1. The van der Waals surface area contributed by atoms with Gasteiger partial charge in [0.05, 0.1) is 6.04 Å². The van der Waals surface area contributed by atoms with Crippen molar-refractivity contribution in [2.24, 2.45) is 0 Å². The van der Waals surface area contributed by atoms with Crippen LogP contribution in [-0.2, 0) is 0 Å². The van der Waals surface area contributed by atoms with E-state index in [4.69, 9.17) is 0 Å². The molecular weight excluding hydrogens is 284 g/mol. The Labute approximate surface area is 125 Å². The highest BCUT2D eigenvalue weighted by atomic mass is 32.1. The summed E-state index contributed by atoms with van der Waals surface area (Å²) < 4.78 is 0. The van der Waals surface area contributed by atoms with Crippen LogP contribution >= 0.6 is 11.3 Å². The molecule has 0 fully saturated rings. The molecule has 106 valence electrons. The topological polar surface area (TPSA) is 70.7 Å². The maximum Gasteiger partial charge on any atom is 0.248 e. The lowest BCUT2D eigenvalue weighted by Gasteiger charge is -2.12.